The maximum absolute atomic E-state index is 12.4. The van der Waals surface area contributed by atoms with E-state index >= 15 is 0 Å². The second-order valence-corrected chi connectivity index (χ2v) is 5.94. The number of nitrogens with one attached hydrogen (secondary N) is 2. The molecule has 2 atom stereocenters. The lowest BCUT2D eigenvalue weighted by atomic mass is 9.95. The molecule has 2 aromatic carbocycles. The lowest BCUT2D eigenvalue weighted by Gasteiger charge is -2.25. The highest BCUT2D eigenvalue weighted by molar-refractivity contribution is 5.82. The standard InChI is InChI=1S/C19H22N2O3/c1-24-16-8-4-7-14(9-16)18(22)12-21-19(23)17-10-13-5-2-3-6-15(13)11-20-17/h2-9,17-18,20,22H,10-12H2,1H3,(H,21,23). The van der Waals surface area contributed by atoms with Crippen LogP contribution in [-0.4, -0.2) is 30.7 Å². The highest BCUT2D eigenvalue weighted by Gasteiger charge is 2.24. The van der Waals surface area contributed by atoms with E-state index in [1.807, 2.05) is 30.3 Å². The summed E-state index contributed by atoms with van der Waals surface area (Å²) < 4.78 is 5.15. The van der Waals surface area contributed by atoms with Gasteiger partial charge in [-0.05, 0) is 35.2 Å². The minimum absolute atomic E-state index is 0.0913. The van der Waals surface area contributed by atoms with Crippen LogP contribution < -0.4 is 15.4 Å². The van der Waals surface area contributed by atoms with Gasteiger partial charge >= 0.3 is 0 Å². The fraction of sp³-hybridized carbons (Fsp3) is 0.316. The number of hydrogen-bond acceptors (Lipinski definition) is 4. The Kier molecular flexibility index (Phi) is 5.13. The van der Waals surface area contributed by atoms with E-state index in [-0.39, 0.29) is 18.5 Å². The van der Waals surface area contributed by atoms with E-state index in [0.717, 1.165) is 5.56 Å². The number of carbonyl (C=O) groups is 1. The molecule has 2 unspecified atom stereocenters. The van der Waals surface area contributed by atoms with Crippen molar-refractivity contribution in [2.24, 2.45) is 0 Å². The van der Waals surface area contributed by atoms with Crippen LogP contribution in [0.1, 0.15) is 22.8 Å². The van der Waals surface area contributed by atoms with E-state index in [1.54, 1.807) is 13.2 Å². The first-order valence-corrected chi connectivity index (χ1v) is 8.07. The van der Waals surface area contributed by atoms with Crippen molar-refractivity contribution in [3.05, 3.63) is 65.2 Å². The molecule has 0 fully saturated rings. The lowest BCUT2D eigenvalue weighted by Crippen LogP contribution is -2.48. The number of methoxy groups -OCH3 is 1. The Morgan fingerprint density at radius 1 is 1.29 bits per heavy atom. The number of ether oxygens (including phenoxy) is 1. The van der Waals surface area contributed by atoms with Crippen molar-refractivity contribution in [3.63, 3.8) is 0 Å². The number of carbonyl (C=O) groups excluding carboxylic acids is 1. The van der Waals surface area contributed by atoms with Crippen LogP contribution in [0, 0.1) is 0 Å². The van der Waals surface area contributed by atoms with Gasteiger partial charge in [0.2, 0.25) is 5.91 Å². The Morgan fingerprint density at radius 2 is 2.08 bits per heavy atom. The van der Waals surface area contributed by atoms with Gasteiger partial charge < -0.3 is 20.5 Å². The number of aliphatic hydroxyl groups excluding tert-OH is 1. The summed E-state index contributed by atoms with van der Waals surface area (Å²) >= 11 is 0. The van der Waals surface area contributed by atoms with Crippen molar-refractivity contribution in [2.75, 3.05) is 13.7 Å². The van der Waals surface area contributed by atoms with Crippen LogP contribution in [0.25, 0.3) is 0 Å². The van der Waals surface area contributed by atoms with Crippen molar-refractivity contribution in [1.29, 1.82) is 0 Å². The minimum atomic E-state index is -0.764. The number of rotatable bonds is 5. The monoisotopic (exact) mass is 326 g/mol. The van der Waals surface area contributed by atoms with E-state index in [9.17, 15) is 9.90 Å². The quantitative estimate of drug-likeness (QED) is 0.780. The maximum atomic E-state index is 12.4. The first-order valence-electron chi connectivity index (χ1n) is 8.07. The summed E-state index contributed by atoms with van der Waals surface area (Å²) in [5.41, 5.74) is 3.15. The molecule has 0 saturated heterocycles. The van der Waals surface area contributed by atoms with Crippen LogP contribution >= 0.6 is 0 Å². The van der Waals surface area contributed by atoms with Crippen molar-refractivity contribution < 1.29 is 14.6 Å². The second-order valence-electron chi connectivity index (χ2n) is 5.94. The molecule has 0 bridgehead atoms. The first kappa shape index (κ1) is 16.5. The summed E-state index contributed by atoms with van der Waals surface area (Å²) in [7, 11) is 1.58. The fourth-order valence-electron chi connectivity index (χ4n) is 2.93. The zero-order chi connectivity index (χ0) is 16.9. The van der Waals surface area contributed by atoms with Gasteiger partial charge in [0, 0.05) is 13.1 Å². The summed E-state index contributed by atoms with van der Waals surface area (Å²) in [6, 6.07) is 15.1. The first-order chi connectivity index (χ1) is 11.7. The number of benzene rings is 2. The molecule has 1 amide bonds. The zero-order valence-corrected chi connectivity index (χ0v) is 13.7. The molecule has 3 N–H and O–H groups in total. The second kappa shape index (κ2) is 7.47. The molecule has 5 heteroatoms. The van der Waals surface area contributed by atoms with Crippen LogP contribution in [0.15, 0.2) is 48.5 Å². The Hall–Kier alpha value is -2.37. The molecule has 1 aliphatic heterocycles. The largest absolute Gasteiger partial charge is 0.497 e. The zero-order valence-electron chi connectivity index (χ0n) is 13.7. The summed E-state index contributed by atoms with van der Waals surface area (Å²) in [4.78, 5) is 12.4. The van der Waals surface area contributed by atoms with Crippen LogP contribution in [0.5, 0.6) is 5.75 Å². The fourth-order valence-corrected chi connectivity index (χ4v) is 2.93. The van der Waals surface area contributed by atoms with Gasteiger partial charge in [0.15, 0.2) is 0 Å². The Bertz CT molecular complexity index is 717. The average molecular weight is 326 g/mol. The highest BCUT2D eigenvalue weighted by atomic mass is 16.5. The van der Waals surface area contributed by atoms with Crippen LogP contribution in [0.4, 0.5) is 0 Å². The molecule has 5 nitrogen and oxygen atoms in total. The van der Waals surface area contributed by atoms with Crippen molar-refractivity contribution in [2.45, 2.75) is 25.1 Å². The molecule has 1 heterocycles. The van der Waals surface area contributed by atoms with E-state index < -0.39 is 6.10 Å². The number of aliphatic hydroxyl groups is 1. The van der Waals surface area contributed by atoms with Crippen molar-refractivity contribution in [1.82, 2.24) is 10.6 Å². The molecular formula is C19H22N2O3. The minimum Gasteiger partial charge on any atom is -0.497 e. The van der Waals surface area contributed by atoms with Gasteiger partial charge in [0.1, 0.15) is 5.75 Å². The maximum Gasteiger partial charge on any atom is 0.237 e. The van der Waals surface area contributed by atoms with Gasteiger partial charge in [0.05, 0.1) is 19.3 Å². The Morgan fingerprint density at radius 3 is 2.88 bits per heavy atom. The van der Waals surface area contributed by atoms with Crippen molar-refractivity contribution in [3.8, 4) is 5.75 Å². The Balaban J connectivity index is 1.56. The third kappa shape index (κ3) is 3.75. The molecule has 0 aliphatic carbocycles. The molecule has 2 aromatic rings. The summed E-state index contributed by atoms with van der Waals surface area (Å²) in [5.74, 6) is 0.592. The van der Waals surface area contributed by atoms with Crippen LogP contribution in [0.2, 0.25) is 0 Å². The number of fused-ring (bicyclic) bond motifs is 1. The van der Waals surface area contributed by atoms with Gasteiger partial charge in [-0.15, -0.1) is 0 Å². The predicted molar refractivity (Wildman–Crippen MR) is 91.7 cm³/mol. The molecule has 0 aromatic heterocycles. The van der Waals surface area contributed by atoms with E-state index in [0.29, 0.717) is 18.7 Å². The lowest BCUT2D eigenvalue weighted by molar-refractivity contribution is -0.123. The molecule has 0 radical (unpaired) electrons. The van der Waals surface area contributed by atoms with Crippen LogP contribution in [0.3, 0.4) is 0 Å². The van der Waals surface area contributed by atoms with Gasteiger partial charge in [-0.25, -0.2) is 0 Å². The van der Waals surface area contributed by atoms with Crippen LogP contribution in [-0.2, 0) is 17.8 Å². The smallest absolute Gasteiger partial charge is 0.237 e. The number of amides is 1. The van der Waals surface area contributed by atoms with E-state index in [4.69, 9.17) is 4.74 Å². The molecule has 1 aliphatic rings. The van der Waals surface area contributed by atoms with Gasteiger partial charge in [-0.3, -0.25) is 4.79 Å². The van der Waals surface area contributed by atoms with E-state index in [2.05, 4.69) is 22.8 Å². The van der Waals surface area contributed by atoms with E-state index in [1.165, 1.54) is 11.1 Å². The Labute approximate surface area is 141 Å². The predicted octanol–water partition coefficient (Wildman–Crippen LogP) is 1.56. The molecule has 126 valence electrons. The molecule has 0 saturated carbocycles. The SMILES string of the molecule is COc1cccc(C(O)CNC(=O)C2Cc3ccccc3CN2)c1. The molecule has 3 rings (SSSR count). The molecule has 0 spiro atoms. The topological polar surface area (TPSA) is 70.6 Å². The van der Waals surface area contributed by atoms with Gasteiger partial charge in [-0.2, -0.15) is 0 Å². The number of hydrogen-bond donors (Lipinski definition) is 3. The third-order valence-corrected chi connectivity index (χ3v) is 4.35. The van der Waals surface area contributed by atoms with Gasteiger partial charge in [-0.1, -0.05) is 36.4 Å². The molecular weight excluding hydrogens is 304 g/mol. The highest BCUT2D eigenvalue weighted by Crippen LogP contribution is 2.19. The van der Waals surface area contributed by atoms with Crippen molar-refractivity contribution >= 4 is 5.91 Å². The third-order valence-electron chi connectivity index (χ3n) is 4.35. The van der Waals surface area contributed by atoms with Gasteiger partial charge in [0.25, 0.3) is 0 Å². The average Bonchev–Trinajstić information content (AvgIpc) is 2.65. The summed E-state index contributed by atoms with van der Waals surface area (Å²) in [5, 5.41) is 16.3. The normalized spacial score (nSPS) is 17.7. The summed E-state index contributed by atoms with van der Waals surface area (Å²) in [6.45, 7) is 0.860. The molecule has 24 heavy (non-hydrogen) atoms. The summed E-state index contributed by atoms with van der Waals surface area (Å²) in [6.07, 6.45) is -0.100.